The molecule has 2 aromatic carbocycles. The first kappa shape index (κ1) is 12.4. The highest BCUT2D eigenvalue weighted by atomic mass is 16.5. The zero-order chi connectivity index (χ0) is 13.8. The van der Waals surface area contributed by atoms with Gasteiger partial charge < -0.3 is 4.74 Å². The van der Waals surface area contributed by atoms with Crippen molar-refractivity contribution in [1.82, 2.24) is 9.97 Å². The highest BCUT2D eigenvalue weighted by Gasteiger charge is 2.04. The third-order valence-corrected chi connectivity index (χ3v) is 3.18. The van der Waals surface area contributed by atoms with E-state index in [9.17, 15) is 0 Å². The number of nitrogens with zero attached hydrogens (tertiary/aromatic N) is 2. The van der Waals surface area contributed by atoms with Crippen LogP contribution in [0.3, 0.4) is 0 Å². The van der Waals surface area contributed by atoms with Gasteiger partial charge in [0, 0.05) is 11.8 Å². The summed E-state index contributed by atoms with van der Waals surface area (Å²) in [6.45, 7) is 0. The number of methoxy groups -OCH3 is 1. The third kappa shape index (κ3) is 2.38. The normalized spacial score (nSPS) is 11.1. The summed E-state index contributed by atoms with van der Waals surface area (Å²) in [6.07, 6.45) is 7.27. The van der Waals surface area contributed by atoms with Crippen LogP contribution < -0.4 is 4.74 Å². The quantitative estimate of drug-likeness (QED) is 0.720. The maximum absolute atomic E-state index is 5.46. The Morgan fingerprint density at radius 2 is 1.90 bits per heavy atom. The van der Waals surface area contributed by atoms with Crippen LogP contribution in [-0.4, -0.2) is 17.1 Å². The maximum Gasteiger partial charge on any atom is 0.126 e. The van der Waals surface area contributed by atoms with E-state index in [1.807, 2.05) is 36.4 Å². The van der Waals surface area contributed by atoms with E-state index < -0.39 is 0 Å². The molecule has 1 aromatic heterocycles. The van der Waals surface area contributed by atoms with Crippen LogP contribution in [0.1, 0.15) is 11.3 Å². The van der Waals surface area contributed by atoms with Crippen LogP contribution in [0.25, 0.3) is 22.9 Å². The number of hydrogen-bond donors (Lipinski definition) is 0. The Hall–Kier alpha value is -2.68. The number of benzene rings is 2. The summed E-state index contributed by atoms with van der Waals surface area (Å²) in [5.74, 6) is 0.856. The molecule has 3 rings (SSSR count). The van der Waals surface area contributed by atoms with Gasteiger partial charge in [0.05, 0.1) is 12.8 Å². The molecule has 0 bridgehead atoms. The highest BCUT2D eigenvalue weighted by Crippen LogP contribution is 2.29. The van der Waals surface area contributed by atoms with Gasteiger partial charge in [-0.15, -0.1) is 0 Å². The number of aromatic nitrogens is 2. The Kier molecular flexibility index (Phi) is 3.42. The van der Waals surface area contributed by atoms with E-state index in [1.165, 1.54) is 5.39 Å². The number of hydrogen-bond acceptors (Lipinski definition) is 3. The van der Waals surface area contributed by atoms with Crippen molar-refractivity contribution in [3.8, 4) is 5.75 Å². The lowest BCUT2D eigenvalue weighted by Crippen LogP contribution is -1.88. The van der Waals surface area contributed by atoms with Crippen molar-refractivity contribution in [1.29, 1.82) is 0 Å². The van der Waals surface area contributed by atoms with Gasteiger partial charge in [0.1, 0.15) is 12.1 Å². The molecule has 0 unspecified atom stereocenters. The van der Waals surface area contributed by atoms with Gasteiger partial charge in [-0.1, -0.05) is 30.3 Å². The largest absolute Gasteiger partial charge is 0.496 e. The van der Waals surface area contributed by atoms with Gasteiger partial charge in [0.2, 0.25) is 0 Å². The fraction of sp³-hybridized carbons (Fsp3) is 0.0588. The average Bonchev–Trinajstić information content (AvgIpc) is 2.53. The summed E-state index contributed by atoms with van der Waals surface area (Å²) in [7, 11) is 1.69. The van der Waals surface area contributed by atoms with Crippen LogP contribution in [0.15, 0.2) is 55.0 Å². The lowest BCUT2D eigenvalue weighted by molar-refractivity contribution is 0.414. The van der Waals surface area contributed by atoms with Crippen molar-refractivity contribution < 1.29 is 4.74 Å². The molecular weight excluding hydrogens is 248 g/mol. The molecule has 0 radical (unpaired) electrons. The van der Waals surface area contributed by atoms with Crippen LogP contribution >= 0.6 is 0 Å². The molecule has 0 aliphatic rings. The van der Waals surface area contributed by atoms with Crippen molar-refractivity contribution >= 4 is 22.9 Å². The Morgan fingerprint density at radius 1 is 1.00 bits per heavy atom. The van der Waals surface area contributed by atoms with E-state index in [0.29, 0.717) is 0 Å². The van der Waals surface area contributed by atoms with Crippen LogP contribution in [-0.2, 0) is 0 Å². The average molecular weight is 262 g/mol. The molecule has 3 heteroatoms. The summed E-state index contributed by atoms with van der Waals surface area (Å²) >= 11 is 0. The minimum atomic E-state index is 0.856. The Morgan fingerprint density at radius 3 is 2.70 bits per heavy atom. The molecule has 0 amide bonds. The van der Waals surface area contributed by atoms with Crippen molar-refractivity contribution in [2.45, 2.75) is 0 Å². The molecule has 0 spiro atoms. The predicted octanol–water partition coefficient (Wildman–Crippen LogP) is 3.81. The van der Waals surface area contributed by atoms with Crippen LogP contribution in [0.5, 0.6) is 5.75 Å². The Bertz CT molecular complexity index is 751. The summed E-state index contributed by atoms with van der Waals surface area (Å²) in [5, 5.41) is 2.35. The first-order valence-electron chi connectivity index (χ1n) is 6.38. The van der Waals surface area contributed by atoms with Crippen LogP contribution in [0, 0.1) is 0 Å². The topological polar surface area (TPSA) is 35.0 Å². The second-order valence-electron chi connectivity index (χ2n) is 4.37. The van der Waals surface area contributed by atoms with Gasteiger partial charge in [-0.3, -0.25) is 0 Å². The molecule has 3 nitrogen and oxygen atoms in total. The fourth-order valence-corrected chi connectivity index (χ4v) is 2.19. The molecule has 0 saturated carbocycles. The Labute approximate surface area is 117 Å². The fourth-order valence-electron chi connectivity index (χ4n) is 2.19. The first-order chi connectivity index (χ1) is 9.88. The lowest BCUT2D eigenvalue weighted by atomic mass is 10.0. The first-order valence-corrected chi connectivity index (χ1v) is 6.38. The molecule has 1 heterocycles. The van der Waals surface area contributed by atoms with Gasteiger partial charge >= 0.3 is 0 Å². The molecule has 3 aromatic rings. The molecular formula is C17H14N2O. The Balaban J connectivity index is 2.12. The van der Waals surface area contributed by atoms with E-state index in [0.717, 1.165) is 22.4 Å². The minimum absolute atomic E-state index is 0.856. The second kappa shape index (κ2) is 5.53. The molecule has 0 aliphatic carbocycles. The zero-order valence-electron chi connectivity index (χ0n) is 11.2. The van der Waals surface area contributed by atoms with E-state index in [4.69, 9.17) is 4.74 Å². The lowest BCUT2D eigenvalue weighted by Gasteiger charge is -2.08. The number of rotatable bonds is 3. The third-order valence-electron chi connectivity index (χ3n) is 3.18. The van der Waals surface area contributed by atoms with E-state index in [1.54, 1.807) is 19.6 Å². The molecule has 0 fully saturated rings. The summed E-state index contributed by atoms with van der Waals surface area (Å²) in [5.41, 5.74) is 1.93. The second-order valence-corrected chi connectivity index (χ2v) is 4.37. The molecule has 0 atom stereocenters. The van der Waals surface area contributed by atoms with Crippen molar-refractivity contribution in [2.75, 3.05) is 7.11 Å². The predicted molar refractivity (Wildman–Crippen MR) is 81.5 cm³/mol. The van der Waals surface area contributed by atoms with Crippen LogP contribution in [0.2, 0.25) is 0 Å². The van der Waals surface area contributed by atoms with Gasteiger partial charge in [-0.25, -0.2) is 9.97 Å². The molecule has 0 aliphatic heterocycles. The van der Waals surface area contributed by atoms with Gasteiger partial charge in [-0.05, 0) is 35.1 Å². The highest BCUT2D eigenvalue weighted by molar-refractivity contribution is 5.95. The van der Waals surface area contributed by atoms with Crippen molar-refractivity contribution in [2.24, 2.45) is 0 Å². The standard InChI is InChI=1S/C17H14N2O/c1-20-17-9-6-13-4-2-3-5-15(13)16(17)8-7-14-10-11-18-12-19-14/h2-12H,1H3. The zero-order valence-corrected chi connectivity index (χ0v) is 11.2. The summed E-state index contributed by atoms with van der Waals surface area (Å²) < 4.78 is 5.46. The van der Waals surface area contributed by atoms with Crippen molar-refractivity contribution in [3.63, 3.8) is 0 Å². The minimum Gasteiger partial charge on any atom is -0.496 e. The molecule has 98 valence electrons. The summed E-state index contributed by atoms with van der Waals surface area (Å²) in [6, 6.07) is 14.2. The van der Waals surface area contributed by atoms with E-state index in [2.05, 4.69) is 28.2 Å². The number of ether oxygens (including phenoxy) is 1. The number of fused-ring (bicyclic) bond motifs is 1. The van der Waals surface area contributed by atoms with Gasteiger partial charge in [0.15, 0.2) is 0 Å². The molecule has 0 N–H and O–H groups in total. The van der Waals surface area contributed by atoms with E-state index >= 15 is 0 Å². The molecule has 20 heavy (non-hydrogen) atoms. The SMILES string of the molecule is COc1ccc2ccccc2c1C=Cc1ccncn1. The monoisotopic (exact) mass is 262 g/mol. The van der Waals surface area contributed by atoms with Gasteiger partial charge in [-0.2, -0.15) is 0 Å². The maximum atomic E-state index is 5.46. The van der Waals surface area contributed by atoms with Gasteiger partial charge in [0.25, 0.3) is 0 Å². The van der Waals surface area contributed by atoms with Crippen LogP contribution in [0.4, 0.5) is 0 Å². The smallest absolute Gasteiger partial charge is 0.126 e. The molecule has 0 saturated heterocycles. The van der Waals surface area contributed by atoms with Crippen molar-refractivity contribution in [3.05, 3.63) is 66.2 Å². The summed E-state index contributed by atoms with van der Waals surface area (Å²) in [4.78, 5) is 8.10. The van der Waals surface area contributed by atoms with E-state index in [-0.39, 0.29) is 0 Å².